The van der Waals surface area contributed by atoms with Gasteiger partial charge in [0.25, 0.3) is 0 Å². The van der Waals surface area contributed by atoms with Gasteiger partial charge in [0.2, 0.25) is 0 Å². The summed E-state index contributed by atoms with van der Waals surface area (Å²) in [6, 6.07) is 12.3. The highest BCUT2D eigenvalue weighted by Gasteiger charge is 2.54. The van der Waals surface area contributed by atoms with Gasteiger partial charge in [0.05, 0.1) is 6.04 Å². The van der Waals surface area contributed by atoms with Crippen LogP contribution < -0.4 is 5.32 Å². The Kier molecular flexibility index (Phi) is 4.29. The van der Waals surface area contributed by atoms with Crippen LogP contribution in [0.1, 0.15) is 29.9 Å². The third-order valence-electron chi connectivity index (χ3n) is 6.65. The summed E-state index contributed by atoms with van der Waals surface area (Å²) in [5.74, 6) is 3.52. The zero-order valence-corrected chi connectivity index (χ0v) is 15.8. The maximum absolute atomic E-state index is 13.3. The van der Waals surface area contributed by atoms with Crippen LogP contribution >= 0.6 is 0 Å². The number of terminal acetylenes is 1. The molecule has 142 valence electrons. The number of urea groups is 1. The summed E-state index contributed by atoms with van der Waals surface area (Å²) in [5.41, 5.74) is 2.76. The Morgan fingerprint density at radius 1 is 1.18 bits per heavy atom. The van der Waals surface area contributed by atoms with E-state index in [-0.39, 0.29) is 12.1 Å². The SMILES string of the molecule is C#Cc1cccc(NC(=O)N2CC(c3cccnc3)C3C2C2CCN3CC2)c1. The average molecular weight is 372 g/mol. The van der Waals surface area contributed by atoms with E-state index in [9.17, 15) is 4.79 Å². The zero-order valence-electron chi connectivity index (χ0n) is 15.8. The predicted octanol–water partition coefficient (Wildman–Crippen LogP) is 3.16. The molecule has 4 aliphatic heterocycles. The van der Waals surface area contributed by atoms with Gasteiger partial charge in [-0.05, 0) is 61.7 Å². The number of piperidine rings is 3. The van der Waals surface area contributed by atoms with Gasteiger partial charge in [0.15, 0.2) is 0 Å². The van der Waals surface area contributed by atoms with Crippen molar-refractivity contribution >= 4 is 11.7 Å². The number of rotatable bonds is 2. The van der Waals surface area contributed by atoms with E-state index in [1.54, 1.807) is 0 Å². The van der Waals surface area contributed by atoms with E-state index in [1.807, 2.05) is 42.7 Å². The van der Waals surface area contributed by atoms with E-state index < -0.39 is 0 Å². The molecule has 4 fully saturated rings. The Balaban J connectivity index is 1.44. The Morgan fingerprint density at radius 3 is 2.79 bits per heavy atom. The second-order valence-electron chi connectivity index (χ2n) is 8.06. The molecule has 5 nitrogen and oxygen atoms in total. The number of carbonyl (C=O) groups is 1. The first-order chi connectivity index (χ1) is 13.7. The molecule has 2 bridgehead atoms. The summed E-state index contributed by atoms with van der Waals surface area (Å²) >= 11 is 0. The van der Waals surface area contributed by atoms with Crippen LogP contribution in [0.2, 0.25) is 0 Å². The van der Waals surface area contributed by atoms with Crippen molar-refractivity contribution in [2.45, 2.75) is 30.8 Å². The van der Waals surface area contributed by atoms with Crippen LogP contribution in [0.5, 0.6) is 0 Å². The monoisotopic (exact) mass is 372 g/mol. The zero-order chi connectivity index (χ0) is 19.1. The number of benzene rings is 1. The molecule has 4 saturated heterocycles. The Hall–Kier alpha value is -2.84. The van der Waals surface area contributed by atoms with Gasteiger partial charge >= 0.3 is 6.03 Å². The molecule has 2 amide bonds. The van der Waals surface area contributed by atoms with Gasteiger partial charge in [-0.2, -0.15) is 0 Å². The molecule has 3 unspecified atom stereocenters. The minimum atomic E-state index is -0.0238. The lowest BCUT2D eigenvalue weighted by Gasteiger charge is -2.51. The molecule has 3 atom stereocenters. The maximum atomic E-state index is 13.3. The normalized spacial score (nSPS) is 30.5. The lowest BCUT2D eigenvalue weighted by molar-refractivity contribution is 0.00493. The van der Waals surface area contributed by atoms with Crippen molar-refractivity contribution in [2.24, 2.45) is 5.92 Å². The average Bonchev–Trinajstić information content (AvgIpc) is 3.18. The highest BCUT2D eigenvalue weighted by atomic mass is 16.2. The van der Waals surface area contributed by atoms with Crippen LogP contribution in [0.4, 0.5) is 10.5 Å². The first kappa shape index (κ1) is 17.3. The third-order valence-corrected chi connectivity index (χ3v) is 6.65. The number of hydrogen-bond acceptors (Lipinski definition) is 3. The van der Waals surface area contributed by atoms with Crippen LogP contribution in [0, 0.1) is 18.3 Å². The van der Waals surface area contributed by atoms with Crippen LogP contribution in [-0.2, 0) is 0 Å². The molecule has 28 heavy (non-hydrogen) atoms. The third kappa shape index (κ3) is 2.85. The molecule has 5 heteroatoms. The van der Waals surface area contributed by atoms with E-state index >= 15 is 0 Å². The molecule has 0 spiro atoms. The molecule has 6 rings (SSSR count). The molecular weight excluding hydrogens is 348 g/mol. The van der Waals surface area contributed by atoms with Gasteiger partial charge in [-0.15, -0.1) is 6.42 Å². The van der Waals surface area contributed by atoms with Crippen molar-refractivity contribution in [3.8, 4) is 12.3 Å². The van der Waals surface area contributed by atoms with Gasteiger partial charge < -0.3 is 10.2 Å². The van der Waals surface area contributed by atoms with Crippen molar-refractivity contribution in [2.75, 3.05) is 25.0 Å². The Labute approximate surface area is 165 Å². The summed E-state index contributed by atoms with van der Waals surface area (Å²) in [6.45, 7) is 3.01. The van der Waals surface area contributed by atoms with E-state index in [4.69, 9.17) is 6.42 Å². The molecule has 1 N–H and O–H groups in total. The minimum absolute atomic E-state index is 0.0238. The first-order valence-corrected chi connectivity index (χ1v) is 10.0. The fourth-order valence-electron chi connectivity index (χ4n) is 5.43. The summed E-state index contributed by atoms with van der Waals surface area (Å²) < 4.78 is 0. The number of carbonyl (C=O) groups excluding carboxylic acids is 1. The van der Waals surface area contributed by atoms with E-state index in [0.717, 1.165) is 30.9 Å². The maximum Gasteiger partial charge on any atom is 0.322 e. The number of nitrogens with zero attached hydrogens (tertiary/aromatic N) is 3. The van der Waals surface area contributed by atoms with Crippen LogP contribution in [0.3, 0.4) is 0 Å². The van der Waals surface area contributed by atoms with Crippen molar-refractivity contribution in [1.82, 2.24) is 14.8 Å². The summed E-state index contributed by atoms with van der Waals surface area (Å²) in [4.78, 5) is 22.2. The predicted molar refractivity (Wildman–Crippen MR) is 109 cm³/mol. The molecule has 2 aromatic rings. The smallest absolute Gasteiger partial charge is 0.319 e. The van der Waals surface area contributed by atoms with Crippen molar-refractivity contribution in [3.05, 3.63) is 59.9 Å². The van der Waals surface area contributed by atoms with Crippen molar-refractivity contribution in [1.29, 1.82) is 0 Å². The van der Waals surface area contributed by atoms with Crippen molar-refractivity contribution in [3.63, 3.8) is 0 Å². The van der Waals surface area contributed by atoms with Crippen LogP contribution in [0.25, 0.3) is 0 Å². The summed E-state index contributed by atoms with van der Waals surface area (Å²) in [7, 11) is 0. The highest BCUT2D eigenvalue weighted by molar-refractivity contribution is 5.90. The standard InChI is InChI=1S/C23H24N4O/c1-2-16-5-3-7-19(13-16)25-23(28)27-15-20(18-6-4-10-24-14-18)22-21(27)17-8-11-26(22)12-9-17/h1,3-7,10,13-14,17,20-22H,8-9,11-12,15H2,(H,25,28). The van der Waals surface area contributed by atoms with Crippen molar-refractivity contribution < 1.29 is 4.79 Å². The summed E-state index contributed by atoms with van der Waals surface area (Å²) in [6.07, 6.45) is 11.6. The molecule has 0 saturated carbocycles. The van der Waals surface area contributed by atoms with Gasteiger partial charge in [0, 0.05) is 42.1 Å². The number of hydrogen-bond donors (Lipinski definition) is 1. The molecule has 0 aliphatic carbocycles. The number of fused-ring (bicyclic) bond motifs is 2. The molecule has 1 aromatic heterocycles. The number of nitrogens with one attached hydrogen (secondary N) is 1. The van der Waals surface area contributed by atoms with Gasteiger partial charge in [0.1, 0.15) is 0 Å². The van der Waals surface area contributed by atoms with Gasteiger partial charge in [-0.25, -0.2) is 4.79 Å². The lowest BCUT2D eigenvalue weighted by atomic mass is 9.75. The largest absolute Gasteiger partial charge is 0.322 e. The van der Waals surface area contributed by atoms with Crippen LogP contribution in [-0.4, -0.2) is 52.5 Å². The van der Waals surface area contributed by atoms with Crippen LogP contribution in [0.15, 0.2) is 48.8 Å². The molecular formula is C23H24N4O. The lowest BCUT2D eigenvalue weighted by Crippen LogP contribution is -2.61. The second kappa shape index (κ2) is 6.96. The minimum Gasteiger partial charge on any atom is -0.319 e. The highest BCUT2D eigenvalue weighted by Crippen LogP contribution is 2.46. The summed E-state index contributed by atoms with van der Waals surface area (Å²) in [5, 5.41) is 3.08. The Morgan fingerprint density at radius 2 is 2.04 bits per heavy atom. The molecule has 0 radical (unpaired) electrons. The number of amides is 2. The first-order valence-electron chi connectivity index (χ1n) is 10.0. The fraction of sp³-hybridized carbons (Fsp3) is 0.391. The van der Waals surface area contributed by atoms with Gasteiger partial charge in [-0.3, -0.25) is 9.88 Å². The van der Waals surface area contributed by atoms with E-state index in [2.05, 4.69) is 32.1 Å². The number of pyridine rings is 1. The number of aromatic nitrogens is 1. The molecule has 5 heterocycles. The number of likely N-dealkylation sites (tertiary alicyclic amines) is 1. The second-order valence-corrected chi connectivity index (χ2v) is 8.06. The molecule has 1 aromatic carbocycles. The van der Waals surface area contributed by atoms with E-state index in [1.165, 1.54) is 18.4 Å². The molecule has 4 aliphatic rings. The fourth-order valence-corrected chi connectivity index (χ4v) is 5.43. The Bertz CT molecular complexity index is 914. The van der Waals surface area contributed by atoms with Gasteiger partial charge in [-0.1, -0.05) is 18.1 Å². The number of anilines is 1. The topological polar surface area (TPSA) is 48.5 Å². The quantitative estimate of drug-likeness (QED) is 0.824. The van der Waals surface area contributed by atoms with E-state index in [0.29, 0.717) is 17.9 Å².